The summed E-state index contributed by atoms with van der Waals surface area (Å²) >= 11 is 0. The highest BCUT2D eigenvalue weighted by molar-refractivity contribution is 5.64. The van der Waals surface area contributed by atoms with Crippen LogP contribution in [0.4, 0.5) is 17.1 Å². The zero-order chi connectivity index (χ0) is 24.0. The molecule has 12 heteroatoms. The Morgan fingerprint density at radius 1 is 0.812 bits per heavy atom. The Morgan fingerprint density at radius 3 is 1.81 bits per heavy atom. The third kappa shape index (κ3) is 6.11. The molecule has 0 amide bonds. The zero-order valence-corrected chi connectivity index (χ0v) is 17.7. The molecule has 0 atom stereocenters. The maximum Gasteiger partial charge on any atom is 0.324 e. The van der Waals surface area contributed by atoms with Crippen LogP contribution in [0, 0.1) is 44.2 Å². The normalized spacial score (nSPS) is 13.7. The molecule has 1 aliphatic rings. The van der Waals surface area contributed by atoms with Crippen molar-refractivity contribution in [2.45, 2.75) is 39.7 Å². The Kier molecular flexibility index (Phi) is 8.02. The van der Waals surface area contributed by atoms with Gasteiger partial charge in [0.1, 0.15) is 5.75 Å². The lowest BCUT2D eigenvalue weighted by Gasteiger charge is -2.27. The molecule has 2 aromatic carbocycles. The van der Waals surface area contributed by atoms with Crippen LogP contribution in [0.1, 0.15) is 36.0 Å². The minimum atomic E-state index is -1.21. The summed E-state index contributed by atoms with van der Waals surface area (Å²) in [4.78, 5) is 30.2. The predicted molar refractivity (Wildman–Crippen MR) is 115 cm³/mol. The number of phenolic OH excluding ortho intramolecular Hbond substituents is 2. The number of nitro groups is 3. The SMILES string of the molecule is Cc1cc(C)c(O)c(CN2CCCCC2)c1.O=[N+]([O-])c1cc([N+](=O)[O-])c(O)c([N+](=O)[O-])c1. The van der Waals surface area contributed by atoms with Gasteiger partial charge in [0.2, 0.25) is 0 Å². The molecule has 3 rings (SSSR count). The molecule has 1 heterocycles. The lowest BCUT2D eigenvalue weighted by Crippen LogP contribution is -2.29. The number of hydrogen-bond acceptors (Lipinski definition) is 9. The van der Waals surface area contributed by atoms with Crippen LogP contribution in [0.5, 0.6) is 11.5 Å². The highest BCUT2D eigenvalue weighted by atomic mass is 16.6. The van der Waals surface area contributed by atoms with E-state index < -0.39 is 37.6 Å². The average Bonchev–Trinajstić information content (AvgIpc) is 2.72. The monoisotopic (exact) mass is 448 g/mol. The van der Waals surface area contributed by atoms with E-state index in [2.05, 4.69) is 17.9 Å². The first-order valence-corrected chi connectivity index (χ1v) is 9.83. The minimum Gasteiger partial charge on any atom is -0.507 e. The Bertz CT molecular complexity index is 999. The molecule has 0 radical (unpaired) electrons. The summed E-state index contributed by atoms with van der Waals surface area (Å²) < 4.78 is 0. The molecule has 0 aromatic heterocycles. The number of rotatable bonds is 5. The smallest absolute Gasteiger partial charge is 0.324 e. The number of phenols is 2. The first-order chi connectivity index (χ1) is 15.0. The third-order valence-corrected chi connectivity index (χ3v) is 5.03. The van der Waals surface area contributed by atoms with Crippen LogP contribution in [-0.4, -0.2) is 43.0 Å². The van der Waals surface area contributed by atoms with Gasteiger partial charge in [-0.15, -0.1) is 0 Å². The van der Waals surface area contributed by atoms with E-state index in [0.29, 0.717) is 17.9 Å². The topological polar surface area (TPSA) is 173 Å². The van der Waals surface area contributed by atoms with E-state index in [9.17, 15) is 35.4 Å². The van der Waals surface area contributed by atoms with Crippen molar-refractivity contribution in [3.8, 4) is 11.5 Å². The van der Waals surface area contributed by atoms with Crippen LogP contribution in [0.2, 0.25) is 0 Å². The van der Waals surface area contributed by atoms with Gasteiger partial charge in [0, 0.05) is 12.1 Å². The molecule has 32 heavy (non-hydrogen) atoms. The predicted octanol–water partition coefficient (Wildman–Crippen LogP) is 4.11. The van der Waals surface area contributed by atoms with Crippen LogP contribution in [-0.2, 0) is 6.54 Å². The van der Waals surface area contributed by atoms with E-state index >= 15 is 0 Å². The summed E-state index contributed by atoms with van der Waals surface area (Å²) in [5, 5.41) is 50.2. The second-order valence-corrected chi connectivity index (χ2v) is 7.53. The van der Waals surface area contributed by atoms with Gasteiger partial charge in [0.05, 0.1) is 26.9 Å². The highest BCUT2D eigenvalue weighted by Gasteiger charge is 2.30. The van der Waals surface area contributed by atoms with Crippen LogP contribution in [0.15, 0.2) is 24.3 Å². The second kappa shape index (κ2) is 10.5. The van der Waals surface area contributed by atoms with Gasteiger partial charge < -0.3 is 10.2 Å². The summed E-state index contributed by atoms with van der Waals surface area (Å²) in [6.07, 6.45) is 3.95. The van der Waals surface area contributed by atoms with Gasteiger partial charge >= 0.3 is 11.4 Å². The fraction of sp³-hybridized carbons (Fsp3) is 0.400. The molecule has 0 aliphatic carbocycles. The summed E-state index contributed by atoms with van der Waals surface area (Å²) in [7, 11) is 0. The number of nitro benzene ring substituents is 3. The maximum atomic E-state index is 10.4. The number of aromatic hydroxyl groups is 2. The molecule has 1 aliphatic heterocycles. The molecule has 0 bridgehead atoms. The fourth-order valence-corrected chi connectivity index (χ4v) is 3.50. The molecular formula is C20H24N4O8. The van der Waals surface area contributed by atoms with Gasteiger partial charge in [0.15, 0.2) is 0 Å². The van der Waals surface area contributed by atoms with Crippen molar-refractivity contribution in [3.05, 3.63) is 71.3 Å². The standard InChI is InChI=1S/C14H21NO.C6H3N3O7/c1-11-8-12(2)14(16)13(9-11)10-15-6-4-3-5-7-15;10-6-4(8(13)14)1-3(7(11)12)2-5(6)9(15)16/h8-9,16H,3-7,10H2,1-2H3;1-2,10H. The van der Waals surface area contributed by atoms with E-state index in [1.807, 2.05) is 13.0 Å². The van der Waals surface area contributed by atoms with Crippen molar-refractivity contribution in [2.75, 3.05) is 13.1 Å². The minimum absolute atomic E-state index is 0.447. The highest BCUT2D eigenvalue weighted by Crippen LogP contribution is 2.39. The first kappa shape index (κ1) is 24.5. The van der Waals surface area contributed by atoms with E-state index in [1.165, 1.54) is 37.9 Å². The summed E-state index contributed by atoms with van der Waals surface area (Å²) in [6, 6.07) is 5.04. The molecular weight excluding hydrogens is 424 g/mol. The molecule has 0 unspecified atom stereocenters. The number of piperidine rings is 1. The van der Waals surface area contributed by atoms with Gasteiger partial charge in [-0.05, 0) is 45.3 Å². The van der Waals surface area contributed by atoms with Crippen LogP contribution in [0.3, 0.4) is 0 Å². The lowest BCUT2D eigenvalue weighted by atomic mass is 10.0. The van der Waals surface area contributed by atoms with Crippen molar-refractivity contribution >= 4 is 17.1 Å². The van der Waals surface area contributed by atoms with Gasteiger partial charge in [-0.1, -0.05) is 24.1 Å². The quantitative estimate of drug-likeness (QED) is 0.504. The molecule has 1 saturated heterocycles. The largest absolute Gasteiger partial charge is 0.507 e. The van der Waals surface area contributed by atoms with Crippen molar-refractivity contribution in [1.29, 1.82) is 0 Å². The Labute approximate surface area is 183 Å². The van der Waals surface area contributed by atoms with Gasteiger partial charge in [0.25, 0.3) is 11.4 Å². The number of hydrogen-bond donors (Lipinski definition) is 2. The summed E-state index contributed by atoms with van der Waals surface area (Å²) in [5.41, 5.74) is 0.312. The van der Waals surface area contributed by atoms with Crippen molar-refractivity contribution < 1.29 is 25.0 Å². The van der Waals surface area contributed by atoms with Crippen molar-refractivity contribution in [1.82, 2.24) is 4.90 Å². The van der Waals surface area contributed by atoms with E-state index in [1.54, 1.807) is 0 Å². The lowest BCUT2D eigenvalue weighted by molar-refractivity contribution is -0.404. The van der Waals surface area contributed by atoms with Crippen LogP contribution < -0.4 is 0 Å². The molecule has 2 aromatic rings. The second-order valence-electron chi connectivity index (χ2n) is 7.53. The number of non-ortho nitro benzene ring substituents is 1. The van der Waals surface area contributed by atoms with E-state index in [-0.39, 0.29) is 0 Å². The molecule has 1 fully saturated rings. The number of nitrogens with zero attached hydrogens (tertiary/aromatic N) is 4. The third-order valence-electron chi connectivity index (χ3n) is 5.03. The first-order valence-electron chi connectivity index (χ1n) is 9.83. The van der Waals surface area contributed by atoms with E-state index in [0.717, 1.165) is 17.7 Å². The van der Waals surface area contributed by atoms with Gasteiger partial charge in [-0.25, -0.2) is 0 Å². The Morgan fingerprint density at radius 2 is 1.34 bits per heavy atom. The number of likely N-dealkylation sites (tertiary alicyclic amines) is 1. The van der Waals surface area contributed by atoms with E-state index in [4.69, 9.17) is 5.11 Å². The van der Waals surface area contributed by atoms with Crippen molar-refractivity contribution in [2.24, 2.45) is 0 Å². The summed E-state index contributed by atoms with van der Waals surface area (Å²) in [6.45, 7) is 7.31. The summed E-state index contributed by atoms with van der Waals surface area (Å²) in [5.74, 6) is -0.725. The molecule has 172 valence electrons. The molecule has 0 spiro atoms. The molecule has 2 N–H and O–H groups in total. The Balaban J connectivity index is 0.000000227. The molecule has 12 nitrogen and oxygen atoms in total. The van der Waals surface area contributed by atoms with Crippen LogP contribution in [0.25, 0.3) is 0 Å². The molecule has 0 saturated carbocycles. The number of aryl methyl sites for hydroxylation is 2. The van der Waals surface area contributed by atoms with Gasteiger partial charge in [-0.2, -0.15) is 0 Å². The van der Waals surface area contributed by atoms with Crippen molar-refractivity contribution in [3.63, 3.8) is 0 Å². The Hall–Kier alpha value is -3.80. The van der Waals surface area contributed by atoms with Gasteiger partial charge in [-0.3, -0.25) is 35.2 Å². The zero-order valence-electron chi connectivity index (χ0n) is 17.7. The average molecular weight is 448 g/mol. The van der Waals surface area contributed by atoms with Crippen LogP contribution >= 0.6 is 0 Å². The maximum absolute atomic E-state index is 10.4. The fourth-order valence-electron chi connectivity index (χ4n) is 3.50. The number of benzene rings is 2.